The molecule has 2 aromatic rings. The van der Waals surface area contributed by atoms with Crippen LogP contribution in [-0.4, -0.2) is 39.2 Å². The largest absolute Gasteiger partial charge is 0.368 e. The smallest absolute Gasteiger partial charge is 0.146 e. The number of nitrogens with zero attached hydrogens (tertiary/aromatic N) is 6. The van der Waals surface area contributed by atoms with Crippen molar-refractivity contribution < 1.29 is 4.74 Å². The zero-order valence-electron chi connectivity index (χ0n) is 13.9. The monoisotopic (exact) mass is 324 g/mol. The first-order chi connectivity index (χ1) is 11.7. The van der Waals surface area contributed by atoms with Gasteiger partial charge >= 0.3 is 0 Å². The van der Waals surface area contributed by atoms with Crippen molar-refractivity contribution in [2.45, 2.75) is 44.9 Å². The molecular weight excluding hydrogens is 304 g/mol. The zero-order chi connectivity index (χ0) is 16.7. The minimum Gasteiger partial charge on any atom is -0.368 e. The molecule has 24 heavy (non-hydrogen) atoms. The summed E-state index contributed by atoms with van der Waals surface area (Å²) < 4.78 is 8.01. The first-order valence-corrected chi connectivity index (χ1v) is 8.34. The molecule has 1 saturated heterocycles. The van der Waals surface area contributed by atoms with Crippen molar-refractivity contribution in [1.29, 1.82) is 5.26 Å². The van der Waals surface area contributed by atoms with Crippen molar-refractivity contribution >= 4 is 5.82 Å². The van der Waals surface area contributed by atoms with Crippen LogP contribution in [0, 0.1) is 11.3 Å². The van der Waals surface area contributed by atoms with E-state index in [0.29, 0.717) is 24.6 Å². The highest BCUT2D eigenvalue weighted by Crippen LogP contribution is 2.33. The molecule has 2 aromatic heterocycles. The maximum absolute atomic E-state index is 9.44. The lowest BCUT2D eigenvalue weighted by atomic mass is 9.99. The van der Waals surface area contributed by atoms with Crippen molar-refractivity contribution in [2.75, 3.05) is 18.0 Å². The molecule has 0 amide bonds. The van der Waals surface area contributed by atoms with Gasteiger partial charge in [-0.05, 0) is 24.5 Å². The lowest BCUT2D eigenvalue weighted by Gasteiger charge is -2.41. The first-order valence-electron chi connectivity index (χ1n) is 8.34. The van der Waals surface area contributed by atoms with Crippen LogP contribution in [0.2, 0.25) is 0 Å². The molecule has 1 fully saturated rings. The van der Waals surface area contributed by atoms with Crippen LogP contribution in [0.5, 0.6) is 0 Å². The fourth-order valence-electron chi connectivity index (χ4n) is 3.49. The fraction of sp³-hybridized carbons (Fsp3) is 0.529. The van der Waals surface area contributed by atoms with Gasteiger partial charge in [-0.15, -0.1) is 5.10 Å². The quantitative estimate of drug-likeness (QED) is 0.841. The molecule has 0 N–H and O–H groups in total. The molecule has 0 unspecified atom stereocenters. The second kappa shape index (κ2) is 5.87. The molecule has 124 valence electrons. The van der Waals surface area contributed by atoms with Crippen molar-refractivity contribution in [3.8, 4) is 6.07 Å². The topological polar surface area (TPSA) is 79.9 Å². The number of hydrogen-bond donors (Lipinski definition) is 0. The molecule has 0 saturated carbocycles. The number of aromatic nitrogens is 4. The summed E-state index contributed by atoms with van der Waals surface area (Å²) in [5.74, 6) is 1.10. The molecule has 0 aliphatic carbocycles. The third-order valence-corrected chi connectivity index (χ3v) is 4.84. The van der Waals surface area contributed by atoms with Crippen molar-refractivity contribution in [3.05, 3.63) is 35.3 Å². The second-order valence-corrected chi connectivity index (χ2v) is 6.70. The summed E-state index contributed by atoms with van der Waals surface area (Å²) >= 11 is 0. The molecule has 0 radical (unpaired) electrons. The van der Waals surface area contributed by atoms with E-state index in [1.807, 2.05) is 16.8 Å². The van der Waals surface area contributed by atoms with E-state index < -0.39 is 0 Å². The Labute approximate surface area is 140 Å². The summed E-state index contributed by atoms with van der Waals surface area (Å²) in [6.45, 7) is 6.30. The van der Waals surface area contributed by atoms with Crippen LogP contribution in [-0.2, 0) is 11.3 Å². The van der Waals surface area contributed by atoms with Gasteiger partial charge in [0, 0.05) is 18.8 Å². The van der Waals surface area contributed by atoms with Crippen LogP contribution in [0.4, 0.5) is 5.82 Å². The summed E-state index contributed by atoms with van der Waals surface area (Å²) in [4.78, 5) is 6.93. The number of hydrogen-bond acceptors (Lipinski definition) is 6. The second-order valence-electron chi connectivity index (χ2n) is 6.70. The number of fused-ring (bicyclic) bond motifs is 3. The number of rotatable bonds is 2. The van der Waals surface area contributed by atoms with Gasteiger partial charge < -0.3 is 9.64 Å². The predicted molar refractivity (Wildman–Crippen MR) is 87.5 cm³/mol. The standard InChI is InChI=1S/C17H20N6O/c1-11(2)14-4-3-12(7-18)17(20-14)22-6-5-15-16(9-22)24-10-13-8-19-21-23(13)15/h3-4,8,11,15-16H,5-6,9-10H2,1-2H3/t15-,16-/m1/s1. The average Bonchev–Trinajstić information content (AvgIpc) is 3.09. The Hall–Kier alpha value is -2.46. The van der Waals surface area contributed by atoms with Gasteiger partial charge in [-0.1, -0.05) is 19.1 Å². The van der Waals surface area contributed by atoms with E-state index in [0.717, 1.165) is 30.2 Å². The average molecular weight is 324 g/mol. The van der Waals surface area contributed by atoms with Gasteiger partial charge in [-0.25, -0.2) is 9.67 Å². The molecule has 4 rings (SSSR count). The summed E-state index contributed by atoms with van der Waals surface area (Å²) in [6.07, 6.45) is 2.72. The van der Waals surface area contributed by atoms with Crippen LogP contribution in [0.1, 0.15) is 49.2 Å². The lowest BCUT2D eigenvalue weighted by Crippen LogP contribution is -2.49. The maximum atomic E-state index is 9.44. The molecule has 0 aromatic carbocycles. The fourth-order valence-corrected chi connectivity index (χ4v) is 3.49. The molecular formula is C17H20N6O. The number of anilines is 1. The minimum absolute atomic E-state index is 0.0454. The van der Waals surface area contributed by atoms with Gasteiger partial charge in [-0.2, -0.15) is 5.26 Å². The third-order valence-electron chi connectivity index (χ3n) is 4.84. The van der Waals surface area contributed by atoms with Gasteiger partial charge in [0.25, 0.3) is 0 Å². The van der Waals surface area contributed by atoms with E-state index in [1.165, 1.54) is 0 Å². The maximum Gasteiger partial charge on any atom is 0.146 e. The molecule has 7 heteroatoms. The summed E-state index contributed by atoms with van der Waals surface area (Å²) in [6, 6.07) is 6.30. The molecule has 0 spiro atoms. The van der Waals surface area contributed by atoms with Gasteiger partial charge in [0.05, 0.1) is 36.2 Å². The number of piperidine rings is 1. The van der Waals surface area contributed by atoms with E-state index in [2.05, 4.69) is 35.1 Å². The number of pyridine rings is 1. The highest BCUT2D eigenvalue weighted by atomic mass is 16.5. The van der Waals surface area contributed by atoms with E-state index in [9.17, 15) is 5.26 Å². The van der Waals surface area contributed by atoms with E-state index >= 15 is 0 Å². The molecule has 2 aliphatic heterocycles. The molecule has 2 atom stereocenters. The van der Waals surface area contributed by atoms with E-state index in [4.69, 9.17) is 9.72 Å². The van der Waals surface area contributed by atoms with Crippen LogP contribution >= 0.6 is 0 Å². The predicted octanol–water partition coefficient (Wildman–Crippen LogP) is 2.02. The number of nitriles is 1. The lowest BCUT2D eigenvalue weighted by molar-refractivity contribution is -0.0335. The summed E-state index contributed by atoms with van der Waals surface area (Å²) in [7, 11) is 0. The Morgan fingerprint density at radius 3 is 3.04 bits per heavy atom. The van der Waals surface area contributed by atoms with Gasteiger partial charge in [0.2, 0.25) is 0 Å². The first kappa shape index (κ1) is 15.1. The van der Waals surface area contributed by atoms with Gasteiger partial charge in [0.15, 0.2) is 0 Å². The highest BCUT2D eigenvalue weighted by Gasteiger charge is 2.37. The zero-order valence-corrected chi connectivity index (χ0v) is 13.9. The Morgan fingerprint density at radius 2 is 2.25 bits per heavy atom. The summed E-state index contributed by atoms with van der Waals surface area (Å²) in [5.41, 5.74) is 2.66. The van der Waals surface area contributed by atoms with Crippen LogP contribution in [0.3, 0.4) is 0 Å². The Kier molecular flexibility index (Phi) is 3.69. The highest BCUT2D eigenvalue weighted by molar-refractivity contribution is 5.55. The van der Waals surface area contributed by atoms with Gasteiger partial charge in [0.1, 0.15) is 11.9 Å². The van der Waals surface area contributed by atoms with Crippen LogP contribution < -0.4 is 4.90 Å². The third kappa shape index (κ3) is 2.43. The van der Waals surface area contributed by atoms with Crippen molar-refractivity contribution in [1.82, 2.24) is 20.0 Å². The minimum atomic E-state index is 0.0454. The van der Waals surface area contributed by atoms with E-state index in [1.54, 1.807) is 6.20 Å². The Morgan fingerprint density at radius 1 is 1.38 bits per heavy atom. The van der Waals surface area contributed by atoms with Crippen molar-refractivity contribution in [3.63, 3.8) is 0 Å². The van der Waals surface area contributed by atoms with Crippen LogP contribution in [0.25, 0.3) is 0 Å². The van der Waals surface area contributed by atoms with Crippen LogP contribution in [0.15, 0.2) is 18.3 Å². The molecule has 2 aliphatic rings. The van der Waals surface area contributed by atoms with Gasteiger partial charge in [-0.3, -0.25) is 0 Å². The molecule has 4 heterocycles. The Bertz CT molecular complexity index is 793. The van der Waals surface area contributed by atoms with E-state index in [-0.39, 0.29) is 12.1 Å². The SMILES string of the molecule is CC(C)c1ccc(C#N)c(N2CC[C@@H]3[C@@H](C2)OCc2cnnn23)n1. The summed E-state index contributed by atoms with van der Waals surface area (Å²) in [5, 5.41) is 17.6. The van der Waals surface area contributed by atoms with Crippen molar-refractivity contribution in [2.24, 2.45) is 0 Å². The molecule has 0 bridgehead atoms. The molecule has 7 nitrogen and oxygen atoms in total. The normalized spacial score (nSPS) is 22.8. The Balaban J connectivity index is 1.62. The number of ether oxygens (including phenoxy) is 1.